The van der Waals surface area contributed by atoms with E-state index in [0.717, 1.165) is 13.0 Å². The fourth-order valence-corrected chi connectivity index (χ4v) is 2.03. The normalized spacial score (nSPS) is 22.0. The quantitative estimate of drug-likeness (QED) is 0.689. The highest BCUT2D eigenvalue weighted by Crippen LogP contribution is 2.24. The lowest BCUT2D eigenvalue weighted by atomic mass is 9.94. The molecule has 76 valence electrons. The third-order valence-electron chi connectivity index (χ3n) is 2.96. The Morgan fingerprint density at radius 2 is 2.29 bits per heavy atom. The van der Waals surface area contributed by atoms with Gasteiger partial charge in [0.15, 0.2) is 0 Å². The lowest BCUT2D eigenvalue weighted by Crippen LogP contribution is -2.42. The van der Waals surface area contributed by atoms with Crippen LogP contribution >= 0.6 is 0 Å². The second kappa shape index (κ2) is 3.59. The van der Waals surface area contributed by atoms with Gasteiger partial charge >= 0.3 is 0 Å². The Morgan fingerprint density at radius 3 is 3.00 bits per heavy atom. The maximum Gasteiger partial charge on any atom is 0.115 e. The molecule has 0 aliphatic carbocycles. The van der Waals surface area contributed by atoms with Crippen LogP contribution in [0.4, 0.5) is 0 Å². The molecule has 0 saturated carbocycles. The van der Waals surface area contributed by atoms with Crippen molar-refractivity contribution in [3.63, 3.8) is 0 Å². The van der Waals surface area contributed by atoms with Crippen LogP contribution in [-0.4, -0.2) is 29.6 Å². The lowest BCUT2D eigenvalue weighted by Gasteiger charge is -2.33. The van der Waals surface area contributed by atoms with E-state index in [1.165, 1.54) is 11.1 Å². The topological polar surface area (TPSA) is 49.5 Å². The van der Waals surface area contributed by atoms with Gasteiger partial charge in [-0.2, -0.15) is 0 Å². The van der Waals surface area contributed by atoms with Crippen molar-refractivity contribution < 1.29 is 5.11 Å². The largest absolute Gasteiger partial charge is 0.508 e. The molecule has 0 radical (unpaired) electrons. The number of benzene rings is 1. The van der Waals surface area contributed by atoms with Crippen LogP contribution < -0.4 is 5.73 Å². The van der Waals surface area contributed by atoms with Crippen LogP contribution in [0.5, 0.6) is 5.75 Å². The van der Waals surface area contributed by atoms with Gasteiger partial charge in [0.1, 0.15) is 5.75 Å². The van der Waals surface area contributed by atoms with E-state index < -0.39 is 0 Å². The summed E-state index contributed by atoms with van der Waals surface area (Å²) in [5, 5.41) is 9.35. The summed E-state index contributed by atoms with van der Waals surface area (Å²) in [6, 6.07) is 6.03. The number of hydrogen-bond donors (Lipinski definition) is 2. The van der Waals surface area contributed by atoms with Gasteiger partial charge in [0.25, 0.3) is 0 Å². The number of hydrogen-bond acceptors (Lipinski definition) is 3. The van der Waals surface area contributed by atoms with Crippen LogP contribution in [0.2, 0.25) is 0 Å². The van der Waals surface area contributed by atoms with Crippen LogP contribution in [0.1, 0.15) is 11.1 Å². The molecule has 1 heterocycles. The van der Waals surface area contributed by atoms with E-state index in [4.69, 9.17) is 5.73 Å². The van der Waals surface area contributed by atoms with Crippen LogP contribution in [0, 0.1) is 0 Å². The predicted octanol–water partition coefficient (Wildman–Crippen LogP) is 0.707. The molecule has 3 N–H and O–H groups in total. The molecule has 0 saturated heterocycles. The van der Waals surface area contributed by atoms with E-state index in [0.29, 0.717) is 18.3 Å². The number of rotatable bonds is 1. The number of nitrogens with zero attached hydrogens (tertiary/aromatic N) is 1. The third kappa shape index (κ3) is 1.61. The number of nitrogens with two attached hydrogens (primary N) is 1. The molecule has 3 heteroatoms. The number of phenols is 1. The van der Waals surface area contributed by atoms with Gasteiger partial charge in [-0.15, -0.1) is 0 Å². The molecule has 1 aromatic carbocycles. The number of likely N-dealkylation sites (N-methyl/N-ethyl adjacent to an activating group) is 1. The molecule has 14 heavy (non-hydrogen) atoms. The molecule has 1 aliphatic rings. The summed E-state index contributed by atoms with van der Waals surface area (Å²) < 4.78 is 0. The van der Waals surface area contributed by atoms with E-state index >= 15 is 0 Å². The first-order valence-corrected chi connectivity index (χ1v) is 4.92. The van der Waals surface area contributed by atoms with Crippen molar-refractivity contribution in [2.75, 3.05) is 13.6 Å². The number of phenolic OH excluding ortho intramolecular Hbond substituents is 1. The smallest absolute Gasteiger partial charge is 0.115 e. The molecule has 1 aliphatic heterocycles. The Balaban J connectivity index is 2.30. The molecule has 1 aromatic rings. The molecule has 0 spiro atoms. The molecule has 1 atom stereocenters. The molecular formula is C11H16N2O. The highest BCUT2D eigenvalue weighted by Gasteiger charge is 2.21. The highest BCUT2D eigenvalue weighted by atomic mass is 16.3. The number of fused-ring (bicyclic) bond motifs is 1. The summed E-state index contributed by atoms with van der Waals surface area (Å²) in [5.41, 5.74) is 8.23. The maximum absolute atomic E-state index is 9.35. The minimum absolute atomic E-state index is 0.350. The van der Waals surface area contributed by atoms with Gasteiger partial charge in [-0.1, -0.05) is 6.07 Å². The van der Waals surface area contributed by atoms with Gasteiger partial charge in [-0.05, 0) is 36.7 Å². The second-order valence-corrected chi connectivity index (χ2v) is 3.96. The minimum Gasteiger partial charge on any atom is -0.508 e. The van der Waals surface area contributed by atoms with Crippen LogP contribution in [0.25, 0.3) is 0 Å². The summed E-state index contributed by atoms with van der Waals surface area (Å²) >= 11 is 0. The first kappa shape index (κ1) is 9.49. The van der Waals surface area contributed by atoms with Gasteiger partial charge in [-0.25, -0.2) is 0 Å². The minimum atomic E-state index is 0.350. The van der Waals surface area contributed by atoms with Gasteiger partial charge < -0.3 is 10.8 Å². The highest BCUT2D eigenvalue weighted by molar-refractivity contribution is 5.36. The van der Waals surface area contributed by atoms with Crippen LogP contribution in [0.3, 0.4) is 0 Å². The second-order valence-electron chi connectivity index (χ2n) is 3.96. The average molecular weight is 192 g/mol. The monoisotopic (exact) mass is 192 g/mol. The van der Waals surface area contributed by atoms with E-state index in [9.17, 15) is 5.11 Å². The fourth-order valence-electron chi connectivity index (χ4n) is 2.03. The number of aromatic hydroxyl groups is 1. The molecule has 0 fully saturated rings. The SMILES string of the molecule is CN1Cc2cc(O)ccc2C[C@H]1CN. The molecule has 0 bridgehead atoms. The van der Waals surface area contributed by atoms with Crippen LogP contribution in [0.15, 0.2) is 18.2 Å². The Kier molecular flexibility index (Phi) is 2.44. The van der Waals surface area contributed by atoms with Crippen molar-refractivity contribution in [3.05, 3.63) is 29.3 Å². The van der Waals surface area contributed by atoms with Gasteiger partial charge in [0.2, 0.25) is 0 Å². The zero-order valence-electron chi connectivity index (χ0n) is 8.40. The van der Waals surface area contributed by atoms with Gasteiger partial charge in [0, 0.05) is 19.1 Å². The summed E-state index contributed by atoms with van der Waals surface area (Å²) in [5.74, 6) is 0.350. The Hall–Kier alpha value is -1.06. The van der Waals surface area contributed by atoms with E-state index in [2.05, 4.69) is 11.9 Å². The summed E-state index contributed by atoms with van der Waals surface area (Å²) in [4.78, 5) is 2.24. The first-order valence-electron chi connectivity index (χ1n) is 4.92. The van der Waals surface area contributed by atoms with E-state index in [1.54, 1.807) is 6.07 Å². The van der Waals surface area contributed by atoms with Crippen molar-refractivity contribution in [3.8, 4) is 5.75 Å². The lowest BCUT2D eigenvalue weighted by molar-refractivity contribution is 0.220. The molecule has 0 unspecified atom stereocenters. The molecule has 2 rings (SSSR count). The Morgan fingerprint density at radius 1 is 1.50 bits per heavy atom. The van der Waals surface area contributed by atoms with Gasteiger partial charge in [-0.3, -0.25) is 4.90 Å². The zero-order valence-corrected chi connectivity index (χ0v) is 8.40. The van der Waals surface area contributed by atoms with Crippen molar-refractivity contribution >= 4 is 0 Å². The molecule has 3 nitrogen and oxygen atoms in total. The molecule has 0 amide bonds. The average Bonchev–Trinajstić information content (AvgIpc) is 2.16. The fraction of sp³-hybridized carbons (Fsp3) is 0.455. The van der Waals surface area contributed by atoms with Crippen LogP contribution in [-0.2, 0) is 13.0 Å². The van der Waals surface area contributed by atoms with Crippen molar-refractivity contribution in [1.82, 2.24) is 4.90 Å². The van der Waals surface area contributed by atoms with E-state index in [1.807, 2.05) is 12.1 Å². The molecular weight excluding hydrogens is 176 g/mol. The van der Waals surface area contributed by atoms with Crippen molar-refractivity contribution in [2.45, 2.75) is 19.0 Å². The van der Waals surface area contributed by atoms with E-state index in [-0.39, 0.29) is 0 Å². The first-order chi connectivity index (χ1) is 6.70. The maximum atomic E-state index is 9.35. The summed E-state index contributed by atoms with van der Waals surface area (Å²) in [6.07, 6.45) is 0.989. The summed E-state index contributed by atoms with van der Waals surface area (Å²) in [7, 11) is 2.07. The standard InChI is InChI=1S/C11H16N2O/c1-13-7-9-5-11(14)3-2-8(9)4-10(13)6-12/h2-3,5,10,14H,4,6-7,12H2,1H3/t10-/m0/s1. The summed E-state index contributed by atoms with van der Waals surface area (Å²) in [6.45, 7) is 1.57. The van der Waals surface area contributed by atoms with Gasteiger partial charge in [0.05, 0.1) is 0 Å². The van der Waals surface area contributed by atoms with Crippen molar-refractivity contribution in [2.24, 2.45) is 5.73 Å². The van der Waals surface area contributed by atoms with Crippen molar-refractivity contribution in [1.29, 1.82) is 0 Å². The third-order valence-corrected chi connectivity index (χ3v) is 2.96. The Labute approximate surface area is 84.1 Å². The predicted molar refractivity (Wildman–Crippen MR) is 56.1 cm³/mol. The Bertz CT molecular complexity index is 338. The zero-order chi connectivity index (χ0) is 10.1. The molecule has 0 aromatic heterocycles.